The van der Waals surface area contributed by atoms with E-state index in [1.807, 2.05) is 11.0 Å². The van der Waals surface area contributed by atoms with Crippen molar-refractivity contribution < 1.29 is 14.6 Å². The average molecular weight is 289 g/mol. The summed E-state index contributed by atoms with van der Waals surface area (Å²) in [6, 6.07) is 7.12. The van der Waals surface area contributed by atoms with Crippen molar-refractivity contribution in [2.75, 3.05) is 19.7 Å². The van der Waals surface area contributed by atoms with E-state index in [1.54, 1.807) is 18.2 Å². The summed E-state index contributed by atoms with van der Waals surface area (Å²) >= 11 is 0. The molecular formula is C14H15N3O4. The fourth-order valence-electron chi connectivity index (χ4n) is 2.42. The Morgan fingerprint density at radius 3 is 3.10 bits per heavy atom. The van der Waals surface area contributed by atoms with Gasteiger partial charge in [0.1, 0.15) is 5.82 Å². The molecule has 0 amide bonds. The third-order valence-corrected chi connectivity index (χ3v) is 3.46. The maximum absolute atomic E-state index is 12.0. The standard InChI is InChI=1S/C14H15N3O4/c18-13-9-3-1-2-4-10(9)15-12(16-13)8-17-5-6-21-11(7-17)14(19)20/h1-4,11H,5-8H2,(H,19,20)(H,15,16,18). The molecule has 1 aromatic carbocycles. The van der Waals surface area contributed by atoms with Gasteiger partial charge in [0, 0.05) is 13.1 Å². The topological polar surface area (TPSA) is 95.5 Å². The highest BCUT2D eigenvalue weighted by molar-refractivity contribution is 5.77. The summed E-state index contributed by atoms with van der Waals surface area (Å²) in [6.45, 7) is 1.65. The first-order chi connectivity index (χ1) is 10.1. The van der Waals surface area contributed by atoms with Crippen molar-refractivity contribution >= 4 is 16.9 Å². The molecule has 0 spiro atoms. The molecule has 1 unspecified atom stereocenters. The van der Waals surface area contributed by atoms with Gasteiger partial charge >= 0.3 is 5.97 Å². The second-order valence-electron chi connectivity index (χ2n) is 4.96. The number of hydrogen-bond acceptors (Lipinski definition) is 5. The number of H-pyrrole nitrogens is 1. The molecule has 7 nitrogen and oxygen atoms in total. The van der Waals surface area contributed by atoms with Gasteiger partial charge in [0.05, 0.1) is 24.1 Å². The lowest BCUT2D eigenvalue weighted by Crippen LogP contribution is -2.45. The lowest BCUT2D eigenvalue weighted by atomic mass is 10.2. The second-order valence-corrected chi connectivity index (χ2v) is 4.96. The van der Waals surface area contributed by atoms with E-state index in [4.69, 9.17) is 9.84 Å². The van der Waals surface area contributed by atoms with E-state index in [9.17, 15) is 9.59 Å². The molecule has 1 fully saturated rings. The summed E-state index contributed by atoms with van der Waals surface area (Å²) < 4.78 is 5.17. The smallest absolute Gasteiger partial charge is 0.334 e. The monoisotopic (exact) mass is 289 g/mol. The number of rotatable bonds is 3. The average Bonchev–Trinajstić information content (AvgIpc) is 2.47. The van der Waals surface area contributed by atoms with Crippen LogP contribution in [0.1, 0.15) is 5.82 Å². The van der Waals surface area contributed by atoms with E-state index < -0.39 is 12.1 Å². The van der Waals surface area contributed by atoms with Gasteiger partial charge in [-0.15, -0.1) is 0 Å². The molecule has 1 aliphatic heterocycles. The van der Waals surface area contributed by atoms with Crippen LogP contribution >= 0.6 is 0 Å². The lowest BCUT2D eigenvalue weighted by Gasteiger charge is -2.30. The quantitative estimate of drug-likeness (QED) is 0.838. The Labute approximate surface area is 120 Å². The number of carbonyl (C=O) groups is 1. The Morgan fingerprint density at radius 2 is 2.29 bits per heavy atom. The van der Waals surface area contributed by atoms with E-state index in [-0.39, 0.29) is 12.1 Å². The number of nitrogens with one attached hydrogen (secondary N) is 1. The maximum atomic E-state index is 12.0. The van der Waals surface area contributed by atoms with Gasteiger partial charge in [-0.3, -0.25) is 9.69 Å². The molecule has 1 aliphatic rings. The number of carboxylic acids is 1. The van der Waals surface area contributed by atoms with Crippen LogP contribution in [0, 0.1) is 0 Å². The Hall–Kier alpha value is -2.25. The van der Waals surface area contributed by atoms with Crippen molar-refractivity contribution in [1.29, 1.82) is 0 Å². The number of aromatic amines is 1. The maximum Gasteiger partial charge on any atom is 0.334 e. The molecule has 1 saturated heterocycles. The zero-order valence-electron chi connectivity index (χ0n) is 11.3. The summed E-state index contributed by atoms with van der Waals surface area (Å²) in [5.41, 5.74) is 0.456. The fraction of sp³-hybridized carbons (Fsp3) is 0.357. The fourth-order valence-corrected chi connectivity index (χ4v) is 2.42. The number of morpholine rings is 1. The van der Waals surface area contributed by atoms with Crippen LogP contribution in [0.15, 0.2) is 29.1 Å². The highest BCUT2D eigenvalue weighted by Gasteiger charge is 2.26. The van der Waals surface area contributed by atoms with Crippen molar-refractivity contribution in [3.8, 4) is 0 Å². The van der Waals surface area contributed by atoms with E-state index in [0.29, 0.717) is 36.4 Å². The van der Waals surface area contributed by atoms with Gasteiger partial charge in [-0.2, -0.15) is 0 Å². The van der Waals surface area contributed by atoms with Crippen LogP contribution in [-0.4, -0.2) is 51.7 Å². The number of aromatic nitrogens is 2. The van der Waals surface area contributed by atoms with Crippen LogP contribution in [0.2, 0.25) is 0 Å². The molecule has 1 atom stereocenters. The Kier molecular flexibility index (Phi) is 3.68. The van der Waals surface area contributed by atoms with Crippen LogP contribution in [-0.2, 0) is 16.1 Å². The minimum absolute atomic E-state index is 0.182. The van der Waals surface area contributed by atoms with Crippen LogP contribution in [0.5, 0.6) is 0 Å². The molecule has 7 heteroatoms. The molecule has 3 rings (SSSR count). The number of hydrogen-bond donors (Lipinski definition) is 2. The number of ether oxygens (including phenoxy) is 1. The number of benzene rings is 1. The Morgan fingerprint density at radius 1 is 1.48 bits per heavy atom. The largest absolute Gasteiger partial charge is 0.479 e. The molecular weight excluding hydrogens is 274 g/mol. The molecule has 0 saturated carbocycles. The summed E-state index contributed by atoms with van der Waals surface area (Å²) in [7, 11) is 0. The van der Waals surface area contributed by atoms with Crippen LogP contribution in [0.4, 0.5) is 0 Å². The number of fused-ring (bicyclic) bond motifs is 1. The minimum Gasteiger partial charge on any atom is -0.479 e. The predicted molar refractivity (Wildman–Crippen MR) is 75.0 cm³/mol. The van der Waals surface area contributed by atoms with Crippen LogP contribution in [0.3, 0.4) is 0 Å². The van der Waals surface area contributed by atoms with Gasteiger partial charge in [-0.05, 0) is 12.1 Å². The van der Waals surface area contributed by atoms with Gasteiger partial charge in [0.2, 0.25) is 0 Å². The van der Waals surface area contributed by atoms with E-state index >= 15 is 0 Å². The number of carboxylic acid groups (broad SMARTS) is 1. The molecule has 1 aromatic heterocycles. The predicted octanol–water partition coefficient (Wildman–Crippen LogP) is 0.208. The van der Waals surface area contributed by atoms with Crippen molar-refractivity contribution in [3.05, 3.63) is 40.4 Å². The van der Waals surface area contributed by atoms with Crippen molar-refractivity contribution in [3.63, 3.8) is 0 Å². The van der Waals surface area contributed by atoms with Gasteiger partial charge in [-0.1, -0.05) is 12.1 Å². The van der Waals surface area contributed by atoms with E-state index in [2.05, 4.69) is 9.97 Å². The van der Waals surface area contributed by atoms with Crippen molar-refractivity contribution in [1.82, 2.24) is 14.9 Å². The van der Waals surface area contributed by atoms with Gasteiger partial charge in [0.15, 0.2) is 6.10 Å². The molecule has 0 bridgehead atoms. The molecule has 0 radical (unpaired) electrons. The third-order valence-electron chi connectivity index (χ3n) is 3.46. The molecule has 21 heavy (non-hydrogen) atoms. The van der Waals surface area contributed by atoms with Gasteiger partial charge in [-0.25, -0.2) is 9.78 Å². The first-order valence-corrected chi connectivity index (χ1v) is 6.68. The van der Waals surface area contributed by atoms with Gasteiger partial charge in [0.25, 0.3) is 5.56 Å². The zero-order chi connectivity index (χ0) is 14.8. The summed E-state index contributed by atoms with van der Waals surface area (Å²) in [5.74, 6) is -0.440. The molecule has 0 aliphatic carbocycles. The third kappa shape index (κ3) is 2.93. The second kappa shape index (κ2) is 5.63. The summed E-state index contributed by atoms with van der Waals surface area (Å²) in [5, 5.41) is 9.53. The molecule has 2 N–H and O–H groups in total. The Bertz CT molecular complexity index is 727. The van der Waals surface area contributed by atoms with Gasteiger partial charge < -0.3 is 14.8 Å². The number of aliphatic carboxylic acids is 1. The molecule has 110 valence electrons. The molecule has 2 aromatic rings. The minimum atomic E-state index is -0.973. The Balaban J connectivity index is 1.81. The molecule has 2 heterocycles. The highest BCUT2D eigenvalue weighted by atomic mass is 16.5. The summed E-state index contributed by atoms with van der Waals surface area (Å²) in [4.78, 5) is 32.0. The first-order valence-electron chi connectivity index (χ1n) is 6.68. The van der Waals surface area contributed by atoms with E-state index in [0.717, 1.165) is 0 Å². The summed E-state index contributed by atoms with van der Waals surface area (Å²) in [6.07, 6.45) is -0.828. The highest BCUT2D eigenvalue weighted by Crippen LogP contribution is 2.10. The zero-order valence-corrected chi connectivity index (χ0v) is 11.3. The van der Waals surface area contributed by atoms with Crippen LogP contribution in [0.25, 0.3) is 10.9 Å². The number of para-hydroxylation sites is 1. The number of nitrogens with zero attached hydrogens (tertiary/aromatic N) is 2. The normalized spacial score (nSPS) is 19.7. The van der Waals surface area contributed by atoms with E-state index in [1.165, 1.54) is 0 Å². The van der Waals surface area contributed by atoms with Crippen molar-refractivity contribution in [2.24, 2.45) is 0 Å². The van der Waals surface area contributed by atoms with Crippen LogP contribution < -0.4 is 5.56 Å². The first kappa shape index (κ1) is 13.7. The SMILES string of the molecule is O=C(O)C1CN(Cc2nc3ccccc3c(=O)[nH]2)CCO1. The van der Waals surface area contributed by atoms with Crippen molar-refractivity contribution in [2.45, 2.75) is 12.6 Å². The lowest BCUT2D eigenvalue weighted by molar-refractivity contribution is -0.156.